The number of aliphatic carboxylic acids is 1. The molecule has 1 atom stereocenters. The largest absolute Gasteiger partial charge is 0.497 e. The summed E-state index contributed by atoms with van der Waals surface area (Å²) in [6.45, 7) is 1.34. The van der Waals surface area contributed by atoms with Crippen LogP contribution >= 0.6 is 0 Å². The number of carbonyl (C=O) groups excluding carboxylic acids is 1. The second kappa shape index (κ2) is 5.74. The number of benzene rings is 1. The van der Waals surface area contributed by atoms with Gasteiger partial charge < -0.3 is 19.9 Å². The molecular formula is C11H13NO5. The highest BCUT2D eigenvalue weighted by Gasteiger charge is 2.15. The number of carboxylic acid groups (broad SMARTS) is 1. The first-order valence-electron chi connectivity index (χ1n) is 4.88. The van der Waals surface area contributed by atoms with Gasteiger partial charge in [0.1, 0.15) is 17.5 Å². The molecule has 0 heterocycles. The van der Waals surface area contributed by atoms with Gasteiger partial charge in [0, 0.05) is 0 Å². The average Bonchev–Trinajstić information content (AvgIpc) is 2.29. The van der Waals surface area contributed by atoms with E-state index in [4.69, 9.17) is 14.6 Å². The van der Waals surface area contributed by atoms with Gasteiger partial charge in [-0.25, -0.2) is 4.79 Å². The van der Waals surface area contributed by atoms with Gasteiger partial charge in [0.15, 0.2) is 0 Å². The normalized spacial score (nSPS) is 11.4. The molecule has 1 amide bonds. The van der Waals surface area contributed by atoms with E-state index in [1.165, 1.54) is 14.0 Å². The number of carboxylic acids is 1. The molecule has 0 unspecified atom stereocenters. The van der Waals surface area contributed by atoms with Crippen LogP contribution in [0.2, 0.25) is 0 Å². The van der Waals surface area contributed by atoms with Gasteiger partial charge in [-0.05, 0) is 31.2 Å². The van der Waals surface area contributed by atoms with Crippen LogP contribution in [-0.2, 0) is 4.79 Å². The SMILES string of the molecule is COc1ccc(OC(=O)N[C@@H](C)C(=O)O)cc1. The predicted molar refractivity (Wildman–Crippen MR) is 59.3 cm³/mol. The number of nitrogens with one attached hydrogen (secondary N) is 1. The van der Waals surface area contributed by atoms with E-state index in [9.17, 15) is 9.59 Å². The van der Waals surface area contributed by atoms with Crippen molar-refractivity contribution in [2.24, 2.45) is 0 Å². The second-order valence-electron chi connectivity index (χ2n) is 3.27. The van der Waals surface area contributed by atoms with Gasteiger partial charge >= 0.3 is 12.1 Å². The van der Waals surface area contributed by atoms with Crippen LogP contribution in [0.3, 0.4) is 0 Å². The summed E-state index contributed by atoms with van der Waals surface area (Å²) in [4.78, 5) is 21.7. The number of rotatable bonds is 4. The third-order valence-corrected chi connectivity index (χ3v) is 1.97. The number of hydrogen-bond donors (Lipinski definition) is 2. The zero-order chi connectivity index (χ0) is 12.8. The number of carbonyl (C=O) groups is 2. The summed E-state index contributed by atoms with van der Waals surface area (Å²) in [5.41, 5.74) is 0. The van der Waals surface area contributed by atoms with Crippen molar-refractivity contribution >= 4 is 12.1 Å². The van der Waals surface area contributed by atoms with Gasteiger partial charge in [0.25, 0.3) is 0 Å². The van der Waals surface area contributed by atoms with Gasteiger partial charge in [-0.15, -0.1) is 0 Å². The Labute approximate surface area is 98.2 Å². The molecule has 6 heteroatoms. The summed E-state index contributed by atoms with van der Waals surface area (Å²) >= 11 is 0. The molecule has 1 aromatic carbocycles. The van der Waals surface area contributed by atoms with Gasteiger partial charge in [-0.1, -0.05) is 0 Å². The summed E-state index contributed by atoms with van der Waals surface area (Å²) in [6, 6.07) is 5.35. The summed E-state index contributed by atoms with van der Waals surface area (Å²) in [6.07, 6.45) is -0.815. The number of hydrogen-bond acceptors (Lipinski definition) is 4. The van der Waals surface area contributed by atoms with E-state index in [0.717, 1.165) is 0 Å². The molecule has 2 N–H and O–H groups in total. The Hall–Kier alpha value is -2.24. The molecule has 0 radical (unpaired) electrons. The van der Waals surface area contributed by atoms with Gasteiger partial charge in [-0.2, -0.15) is 0 Å². The fourth-order valence-corrected chi connectivity index (χ4v) is 1.02. The Balaban J connectivity index is 2.53. The number of ether oxygens (including phenoxy) is 2. The maximum absolute atomic E-state index is 11.3. The highest BCUT2D eigenvalue weighted by Crippen LogP contribution is 2.16. The molecule has 92 valence electrons. The first-order chi connectivity index (χ1) is 8.02. The Morgan fingerprint density at radius 1 is 1.24 bits per heavy atom. The van der Waals surface area contributed by atoms with E-state index in [-0.39, 0.29) is 0 Å². The Kier molecular flexibility index (Phi) is 4.33. The minimum absolute atomic E-state index is 0.306. The molecule has 0 aliphatic carbocycles. The quantitative estimate of drug-likeness (QED) is 0.826. The van der Waals surface area contributed by atoms with Crippen molar-refractivity contribution in [1.29, 1.82) is 0 Å². The zero-order valence-electron chi connectivity index (χ0n) is 9.47. The third-order valence-electron chi connectivity index (χ3n) is 1.97. The smallest absolute Gasteiger partial charge is 0.413 e. The summed E-state index contributed by atoms with van der Waals surface area (Å²) in [5, 5.41) is 10.7. The van der Waals surface area contributed by atoms with E-state index in [2.05, 4.69) is 5.32 Å². The first-order valence-corrected chi connectivity index (χ1v) is 4.88. The van der Waals surface area contributed by atoms with Gasteiger partial charge in [0.2, 0.25) is 0 Å². The fraction of sp³-hybridized carbons (Fsp3) is 0.273. The van der Waals surface area contributed by atoms with Crippen LogP contribution in [-0.4, -0.2) is 30.3 Å². The van der Waals surface area contributed by atoms with E-state index < -0.39 is 18.1 Å². The minimum atomic E-state index is -1.13. The molecular weight excluding hydrogens is 226 g/mol. The summed E-state index contributed by atoms with van der Waals surface area (Å²) < 4.78 is 9.80. The van der Waals surface area contributed by atoms with Crippen molar-refractivity contribution in [3.8, 4) is 11.5 Å². The van der Waals surface area contributed by atoms with E-state index in [1.807, 2.05) is 0 Å². The number of amides is 1. The zero-order valence-corrected chi connectivity index (χ0v) is 9.47. The van der Waals surface area contributed by atoms with Crippen LogP contribution in [0.25, 0.3) is 0 Å². The van der Waals surface area contributed by atoms with E-state index in [1.54, 1.807) is 24.3 Å². The second-order valence-corrected chi connectivity index (χ2v) is 3.27. The molecule has 1 aromatic rings. The van der Waals surface area contributed by atoms with Crippen molar-refractivity contribution in [3.05, 3.63) is 24.3 Å². The summed E-state index contributed by atoms with van der Waals surface area (Å²) in [7, 11) is 1.52. The van der Waals surface area contributed by atoms with Crippen molar-refractivity contribution in [2.45, 2.75) is 13.0 Å². The molecule has 0 fully saturated rings. The van der Waals surface area contributed by atoms with Crippen molar-refractivity contribution in [1.82, 2.24) is 5.32 Å². The molecule has 0 saturated heterocycles. The first kappa shape index (κ1) is 12.8. The van der Waals surface area contributed by atoms with E-state index in [0.29, 0.717) is 11.5 Å². The molecule has 0 bridgehead atoms. The molecule has 0 spiro atoms. The van der Waals surface area contributed by atoms with Crippen LogP contribution in [0.5, 0.6) is 11.5 Å². The molecule has 1 rings (SSSR count). The lowest BCUT2D eigenvalue weighted by molar-refractivity contribution is -0.138. The minimum Gasteiger partial charge on any atom is -0.497 e. The number of methoxy groups -OCH3 is 1. The summed E-state index contributed by atoms with van der Waals surface area (Å²) in [5.74, 6) is -0.186. The Bertz CT molecular complexity index is 401. The molecule has 0 aromatic heterocycles. The van der Waals surface area contributed by atoms with Crippen molar-refractivity contribution in [3.63, 3.8) is 0 Å². The predicted octanol–water partition coefficient (Wildman–Crippen LogP) is 1.26. The average molecular weight is 239 g/mol. The monoisotopic (exact) mass is 239 g/mol. The van der Waals surface area contributed by atoms with Crippen molar-refractivity contribution < 1.29 is 24.2 Å². The van der Waals surface area contributed by atoms with Crippen LogP contribution in [0.1, 0.15) is 6.92 Å². The topological polar surface area (TPSA) is 84.9 Å². The Morgan fingerprint density at radius 3 is 2.24 bits per heavy atom. The lowest BCUT2D eigenvalue weighted by Gasteiger charge is -2.09. The van der Waals surface area contributed by atoms with Crippen LogP contribution in [0.15, 0.2) is 24.3 Å². The highest BCUT2D eigenvalue weighted by atomic mass is 16.6. The van der Waals surface area contributed by atoms with Gasteiger partial charge in [-0.3, -0.25) is 4.79 Å². The lowest BCUT2D eigenvalue weighted by Crippen LogP contribution is -2.39. The fourth-order valence-electron chi connectivity index (χ4n) is 1.02. The molecule has 6 nitrogen and oxygen atoms in total. The van der Waals surface area contributed by atoms with Crippen LogP contribution in [0.4, 0.5) is 4.79 Å². The standard InChI is InChI=1S/C11H13NO5/c1-7(10(13)14)12-11(15)17-9-5-3-8(16-2)4-6-9/h3-7H,1-2H3,(H,12,15)(H,13,14)/t7-/m0/s1. The lowest BCUT2D eigenvalue weighted by atomic mass is 10.3. The van der Waals surface area contributed by atoms with Crippen LogP contribution < -0.4 is 14.8 Å². The van der Waals surface area contributed by atoms with Crippen LogP contribution in [0, 0.1) is 0 Å². The van der Waals surface area contributed by atoms with Crippen molar-refractivity contribution in [2.75, 3.05) is 7.11 Å². The maximum atomic E-state index is 11.3. The Morgan fingerprint density at radius 2 is 1.76 bits per heavy atom. The maximum Gasteiger partial charge on any atom is 0.413 e. The van der Waals surface area contributed by atoms with Gasteiger partial charge in [0.05, 0.1) is 7.11 Å². The van der Waals surface area contributed by atoms with E-state index >= 15 is 0 Å². The highest BCUT2D eigenvalue weighted by molar-refractivity contribution is 5.80. The third kappa shape index (κ3) is 4.02. The molecule has 0 aliphatic rings. The molecule has 17 heavy (non-hydrogen) atoms. The molecule has 0 saturated carbocycles. The molecule has 0 aliphatic heterocycles.